The standard InChI is InChI=1S/C31H43N9O9S/c1-16(2)10-20(29(46)39-19(26(32)45)8-9-50-3)38-22(42)12-34-31(47)48-13-21-24(43)25(44)30(49-21)40-15-37-23-27(35-14-36-28(23)40)33-11-17-4-6-18(41)7-5-17/h4-7,14-16,19-21,24-25,30,41,43-44H,8-13H2,1-3H3,(H2,32,45)(H,34,47)(H,38,42)(H,39,46)(H,33,35,36)/t19-,20-,21?,24?,25?,30?/m0/s1. The average molecular weight is 718 g/mol. The first kappa shape index (κ1) is 38.1. The normalized spacial score (nSPS) is 19.9. The van der Waals surface area contributed by atoms with Crippen molar-refractivity contribution >= 4 is 52.6 Å². The molecule has 1 aliphatic rings. The Balaban J connectivity index is 1.28. The maximum Gasteiger partial charge on any atom is 0.407 e. The molecule has 1 aromatic carbocycles. The molecule has 1 saturated heterocycles. The highest BCUT2D eigenvalue weighted by atomic mass is 32.2. The molecule has 272 valence electrons. The van der Waals surface area contributed by atoms with Crippen LogP contribution in [0.5, 0.6) is 5.75 Å². The Kier molecular flexibility index (Phi) is 13.6. The Morgan fingerprint density at radius 2 is 1.80 bits per heavy atom. The Labute approximate surface area is 291 Å². The van der Waals surface area contributed by atoms with Crippen LogP contribution in [0.4, 0.5) is 10.6 Å². The van der Waals surface area contributed by atoms with E-state index in [1.54, 1.807) is 24.3 Å². The number of aromatic nitrogens is 4. The summed E-state index contributed by atoms with van der Waals surface area (Å²) in [6.45, 7) is 3.11. The number of fused-ring (bicyclic) bond motifs is 1. The minimum atomic E-state index is -1.45. The number of thioether (sulfide) groups is 1. The van der Waals surface area contributed by atoms with Crippen LogP contribution in [0.2, 0.25) is 0 Å². The minimum Gasteiger partial charge on any atom is -0.508 e. The zero-order chi connectivity index (χ0) is 36.4. The van der Waals surface area contributed by atoms with Crippen LogP contribution in [0.15, 0.2) is 36.9 Å². The van der Waals surface area contributed by atoms with Gasteiger partial charge in [-0.1, -0.05) is 26.0 Å². The van der Waals surface area contributed by atoms with Crippen molar-refractivity contribution in [1.29, 1.82) is 0 Å². The van der Waals surface area contributed by atoms with E-state index in [4.69, 9.17) is 15.2 Å². The molecule has 0 saturated carbocycles. The fourth-order valence-corrected chi connectivity index (χ4v) is 5.64. The fourth-order valence-electron chi connectivity index (χ4n) is 5.17. The van der Waals surface area contributed by atoms with E-state index in [9.17, 15) is 34.5 Å². The Hall–Kier alpha value is -4.72. The lowest BCUT2D eigenvalue weighted by atomic mass is 10.0. The van der Waals surface area contributed by atoms with Crippen LogP contribution in [-0.4, -0.2) is 114 Å². The summed E-state index contributed by atoms with van der Waals surface area (Å²) in [5, 5.41) is 41.5. The first-order chi connectivity index (χ1) is 23.9. The van der Waals surface area contributed by atoms with Crippen molar-refractivity contribution in [1.82, 2.24) is 35.5 Å². The van der Waals surface area contributed by atoms with Crippen LogP contribution in [0.3, 0.4) is 0 Å². The monoisotopic (exact) mass is 717 g/mol. The number of primary amides is 1. The molecular formula is C31H43N9O9S. The van der Waals surface area contributed by atoms with Crippen molar-refractivity contribution < 1.29 is 44.0 Å². The van der Waals surface area contributed by atoms with Gasteiger partial charge in [0, 0.05) is 6.54 Å². The van der Waals surface area contributed by atoms with E-state index in [2.05, 4.69) is 36.2 Å². The molecule has 6 atom stereocenters. The second kappa shape index (κ2) is 17.8. The molecule has 0 bridgehead atoms. The molecule has 1 fully saturated rings. The molecule has 3 heterocycles. The Bertz CT molecular complexity index is 1620. The van der Waals surface area contributed by atoms with Crippen LogP contribution in [0, 0.1) is 5.92 Å². The second-order valence-electron chi connectivity index (χ2n) is 12.1. The van der Waals surface area contributed by atoms with E-state index in [0.29, 0.717) is 35.7 Å². The highest BCUT2D eigenvalue weighted by Crippen LogP contribution is 2.32. The quantitative estimate of drug-likeness (QED) is 0.0895. The molecule has 2 aromatic heterocycles. The SMILES string of the molecule is CSCC[C@H](NC(=O)[C@H](CC(C)C)NC(=O)CNC(=O)OCC1OC(n2cnc3c(NCc4ccc(O)cc4)ncnc32)C(O)C1O)C(N)=O. The van der Waals surface area contributed by atoms with E-state index >= 15 is 0 Å². The van der Waals surface area contributed by atoms with Gasteiger partial charge in [-0.05, 0) is 48.5 Å². The van der Waals surface area contributed by atoms with Gasteiger partial charge in [-0.25, -0.2) is 19.7 Å². The molecule has 0 radical (unpaired) electrons. The van der Waals surface area contributed by atoms with Crippen LogP contribution in [0.1, 0.15) is 38.5 Å². The number of hydrogen-bond acceptors (Lipinski definition) is 14. The van der Waals surface area contributed by atoms with Crippen molar-refractivity contribution in [2.75, 3.05) is 30.5 Å². The number of benzene rings is 1. The van der Waals surface area contributed by atoms with E-state index < -0.39 is 73.6 Å². The average Bonchev–Trinajstić information content (AvgIpc) is 3.63. The third kappa shape index (κ3) is 10.2. The van der Waals surface area contributed by atoms with E-state index in [1.165, 1.54) is 29.0 Å². The molecule has 50 heavy (non-hydrogen) atoms. The lowest BCUT2D eigenvalue weighted by Gasteiger charge is -2.23. The summed E-state index contributed by atoms with van der Waals surface area (Å²) < 4.78 is 12.4. The molecule has 0 aliphatic carbocycles. The molecule has 4 rings (SSSR count). The Morgan fingerprint density at radius 3 is 2.48 bits per heavy atom. The fraction of sp³-hybridized carbons (Fsp3) is 0.516. The number of phenols is 1. The minimum absolute atomic E-state index is 0.0160. The van der Waals surface area contributed by atoms with Gasteiger partial charge in [0.05, 0.1) is 6.33 Å². The van der Waals surface area contributed by atoms with Gasteiger partial charge in [0.1, 0.15) is 55.6 Å². The maximum absolute atomic E-state index is 12.9. The largest absolute Gasteiger partial charge is 0.508 e. The number of imidazole rings is 1. The van der Waals surface area contributed by atoms with Gasteiger partial charge >= 0.3 is 6.09 Å². The zero-order valence-corrected chi connectivity index (χ0v) is 28.6. The Morgan fingerprint density at radius 1 is 1.06 bits per heavy atom. The number of aliphatic hydroxyl groups excluding tert-OH is 2. The topological polar surface area (TPSA) is 265 Å². The number of hydrogen-bond donors (Lipinski definition) is 8. The van der Waals surface area contributed by atoms with Crippen LogP contribution in [0.25, 0.3) is 11.2 Å². The summed E-state index contributed by atoms with van der Waals surface area (Å²) in [5.41, 5.74) is 7.00. The van der Waals surface area contributed by atoms with Crippen molar-refractivity contribution in [3.63, 3.8) is 0 Å². The predicted octanol–water partition coefficient (Wildman–Crippen LogP) is -0.256. The van der Waals surface area contributed by atoms with Gasteiger partial charge in [-0.3, -0.25) is 19.0 Å². The first-order valence-corrected chi connectivity index (χ1v) is 17.3. The van der Waals surface area contributed by atoms with Gasteiger partial charge in [-0.2, -0.15) is 11.8 Å². The van der Waals surface area contributed by atoms with Crippen LogP contribution >= 0.6 is 11.8 Å². The van der Waals surface area contributed by atoms with E-state index in [-0.39, 0.29) is 18.1 Å². The first-order valence-electron chi connectivity index (χ1n) is 15.9. The zero-order valence-electron chi connectivity index (χ0n) is 27.8. The van der Waals surface area contributed by atoms with Crippen molar-refractivity contribution in [2.45, 2.75) is 69.9 Å². The molecule has 4 unspecified atom stereocenters. The maximum atomic E-state index is 12.9. The number of nitrogens with zero attached hydrogens (tertiary/aromatic N) is 4. The summed E-state index contributed by atoms with van der Waals surface area (Å²) >= 11 is 1.50. The molecule has 1 aliphatic heterocycles. The predicted molar refractivity (Wildman–Crippen MR) is 182 cm³/mol. The summed E-state index contributed by atoms with van der Waals surface area (Å²) in [7, 11) is 0. The highest BCUT2D eigenvalue weighted by molar-refractivity contribution is 7.98. The molecule has 9 N–H and O–H groups in total. The molecular weight excluding hydrogens is 674 g/mol. The number of aromatic hydroxyl groups is 1. The number of carbonyl (C=O) groups is 4. The van der Waals surface area contributed by atoms with Crippen LogP contribution < -0.4 is 27.0 Å². The lowest BCUT2D eigenvalue weighted by molar-refractivity contribution is -0.131. The number of anilines is 1. The summed E-state index contributed by atoms with van der Waals surface area (Å²) in [5.74, 6) is -0.760. The number of aliphatic hydroxyl groups is 2. The van der Waals surface area contributed by atoms with Gasteiger partial charge in [0.15, 0.2) is 23.2 Å². The van der Waals surface area contributed by atoms with Gasteiger partial charge < -0.3 is 51.8 Å². The van der Waals surface area contributed by atoms with Crippen molar-refractivity contribution in [2.24, 2.45) is 11.7 Å². The smallest absolute Gasteiger partial charge is 0.407 e. The summed E-state index contributed by atoms with van der Waals surface area (Å²) in [4.78, 5) is 62.6. The second-order valence-corrected chi connectivity index (χ2v) is 13.0. The van der Waals surface area contributed by atoms with Crippen LogP contribution in [-0.2, 0) is 30.4 Å². The third-order valence-corrected chi connectivity index (χ3v) is 8.41. The summed E-state index contributed by atoms with van der Waals surface area (Å²) in [6.07, 6.45) is -0.994. The lowest BCUT2D eigenvalue weighted by Crippen LogP contribution is -2.54. The van der Waals surface area contributed by atoms with E-state index in [0.717, 1.165) is 5.56 Å². The van der Waals surface area contributed by atoms with Crippen molar-refractivity contribution in [3.05, 3.63) is 42.5 Å². The molecule has 19 heteroatoms. The number of carbonyl (C=O) groups excluding carboxylic acids is 4. The number of nitrogens with one attached hydrogen (secondary N) is 4. The number of nitrogens with two attached hydrogens (primary N) is 1. The summed E-state index contributed by atoms with van der Waals surface area (Å²) in [6, 6.07) is 4.77. The number of rotatable bonds is 17. The van der Waals surface area contributed by atoms with Gasteiger partial charge in [-0.15, -0.1) is 0 Å². The highest BCUT2D eigenvalue weighted by Gasteiger charge is 2.45. The number of alkyl carbamates (subject to hydrolysis) is 1. The number of phenolic OH excluding ortho intramolecular Hbond substituents is 1. The molecule has 3 aromatic rings. The molecule has 0 spiro atoms. The van der Waals surface area contributed by atoms with Gasteiger partial charge in [0.25, 0.3) is 0 Å². The molecule has 4 amide bonds. The van der Waals surface area contributed by atoms with Gasteiger partial charge in [0.2, 0.25) is 17.7 Å². The van der Waals surface area contributed by atoms with Crippen molar-refractivity contribution in [3.8, 4) is 5.75 Å². The number of amides is 4. The molecule has 18 nitrogen and oxygen atoms in total. The van der Waals surface area contributed by atoms with E-state index in [1.807, 2.05) is 20.1 Å². The number of ether oxygens (including phenoxy) is 2. The third-order valence-electron chi connectivity index (χ3n) is 7.77.